The van der Waals surface area contributed by atoms with Crippen molar-refractivity contribution in [3.05, 3.63) is 73.3 Å². The normalized spacial score (nSPS) is 12.0. The van der Waals surface area contributed by atoms with Crippen molar-refractivity contribution in [1.82, 2.24) is 5.43 Å². The number of hydrazone groups is 1. The second-order valence-electron chi connectivity index (χ2n) is 7.50. The highest BCUT2D eigenvalue weighted by Gasteiger charge is 2.14. The van der Waals surface area contributed by atoms with Gasteiger partial charge in [0.05, 0.1) is 22.9 Å². The van der Waals surface area contributed by atoms with E-state index in [1.807, 2.05) is 25.1 Å². The number of carbonyl (C=O) groups is 1. The van der Waals surface area contributed by atoms with Crippen molar-refractivity contribution in [3.63, 3.8) is 0 Å². The van der Waals surface area contributed by atoms with E-state index in [1.165, 1.54) is 0 Å². The minimum absolute atomic E-state index is 0.0404. The van der Waals surface area contributed by atoms with Crippen LogP contribution in [0.2, 0.25) is 10.0 Å². The number of ether oxygens (including phenoxy) is 4. The van der Waals surface area contributed by atoms with Crippen LogP contribution >= 0.6 is 45.8 Å². The molecule has 4 rings (SSSR count). The number of nitrogens with one attached hydrogen (secondary N) is 2. The lowest BCUT2D eigenvalue weighted by atomic mass is 10.2. The fourth-order valence-corrected chi connectivity index (χ4v) is 4.51. The van der Waals surface area contributed by atoms with Crippen LogP contribution in [0.4, 0.5) is 5.69 Å². The second kappa shape index (κ2) is 12.4. The Labute approximate surface area is 232 Å². The molecule has 1 heterocycles. The predicted octanol–water partition coefficient (Wildman–Crippen LogP) is 5.87. The van der Waals surface area contributed by atoms with Gasteiger partial charge in [-0.1, -0.05) is 29.3 Å². The monoisotopic (exact) mass is 641 g/mol. The first-order valence-electron chi connectivity index (χ1n) is 10.9. The molecule has 0 saturated carbocycles. The minimum Gasteiger partial charge on any atom is -0.490 e. The van der Waals surface area contributed by atoms with E-state index in [0.717, 1.165) is 20.4 Å². The average molecular weight is 642 g/mol. The van der Waals surface area contributed by atoms with Gasteiger partial charge in [-0.15, -0.1) is 0 Å². The number of nitrogens with zero attached hydrogens (tertiary/aromatic N) is 1. The summed E-state index contributed by atoms with van der Waals surface area (Å²) < 4.78 is 23.2. The van der Waals surface area contributed by atoms with E-state index in [-0.39, 0.29) is 25.9 Å². The molecule has 3 aromatic rings. The third-order valence-electron chi connectivity index (χ3n) is 4.95. The van der Waals surface area contributed by atoms with Gasteiger partial charge in [0.15, 0.2) is 23.0 Å². The molecule has 0 fully saturated rings. The molecule has 1 amide bonds. The average Bonchev–Trinajstić information content (AvgIpc) is 3.31. The van der Waals surface area contributed by atoms with Crippen LogP contribution in [0.15, 0.2) is 53.6 Å². The van der Waals surface area contributed by atoms with Crippen LogP contribution in [0.3, 0.4) is 0 Å². The molecule has 0 atom stereocenters. The van der Waals surface area contributed by atoms with E-state index in [2.05, 4.69) is 38.4 Å². The molecule has 0 saturated heterocycles. The summed E-state index contributed by atoms with van der Waals surface area (Å²) in [5.41, 5.74) is 4.80. The Morgan fingerprint density at radius 2 is 1.94 bits per heavy atom. The summed E-state index contributed by atoms with van der Waals surface area (Å²) in [6, 6.07) is 14.3. The number of anilines is 1. The van der Waals surface area contributed by atoms with Gasteiger partial charge < -0.3 is 24.3 Å². The Morgan fingerprint density at radius 3 is 2.75 bits per heavy atom. The zero-order valence-corrected chi connectivity index (χ0v) is 22.8. The summed E-state index contributed by atoms with van der Waals surface area (Å²) in [7, 11) is 0. The highest BCUT2D eigenvalue weighted by molar-refractivity contribution is 14.1. The molecule has 0 aromatic heterocycles. The molecule has 8 nitrogen and oxygen atoms in total. The van der Waals surface area contributed by atoms with Gasteiger partial charge in [0, 0.05) is 27.4 Å². The maximum Gasteiger partial charge on any atom is 0.259 e. The Hall–Kier alpha value is -2.89. The first kappa shape index (κ1) is 26.2. The lowest BCUT2D eigenvalue weighted by Crippen LogP contribution is -2.25. The van der Waals surface area contributed by atoms with Crippen molar-refractivity contribution in [1.29, 1.82) is 0 Å². The molecule has 36 heavy (non-hydrogen) atoms. The number of carbonyl (C=O) groups excluding carboxylic acids is 1. The van der Waals surface area contributed by atoms with Gasteiger partial charge in [0.1, 0.15) is 6.61 Å². The van der Waals surface area contributed by atoms with Crippen LogP contribution in [0, 0.1) is 3.57 Å². The van der Waals surface area contributed by atoms with Gasteiger partial charge in [-0.2, -0.15) is 5.10 Å². The van der Waals surface area contributed by atoms with E-state index < -0.39 is 0 Å². The fraction of sp³-hybridized carbons (Fsp3) is 0.200. The van der Waals surface area contributed by atoms with E-state index >= 15 is 0 Å². The zero-order valence-electron chi connectivity index (χ0n) is 19.1. The molecule has 0 unspecified atom stereocenters. The number of halogens is 3. The molecule has 11 heteroatoms. The molecule has 0 aliphatic carbocycles. The van der Waals surface area contributed by atoms with Crippen LogP contribution in [0.5, 0.6) is 23.0 Å². The van der Waals surface area contributed by atoms with Crippen LogP contribution in [0.1, 0.15) is 18.1 Å². The van der Waals surface area contributed by atoms with Crippen molar-refractivity contribution in [2.24, 2.45) is 5.10 Å². The summed E-state index contributed by atoms with van der Waals surface area (Å²) in [6.07, 6.45) is 1.54. The summed E-state index contributed by atoms with van der Waals surface area (Å²) >= 11 is 14.4. The van der Waals surface area contributed by atoms with Gasteiger partial charge in [-0.25, -0.2) is 5.43 Å². The maximum atomic E-state index is 12.2. The van der Waals surface area contributed by atoms with Gasteiger partial charge in [0.25, 0.3) is 5.91 Å². The van der Waals surface area contributed by atoms with Gasteiger partial charge >= 0.3 is 0 Å². The molecule has 0 spiro atoms. The number of amides is 1. The Kier molecular flexibility index (Phi) is 9.00. The zero-order chi connectivity index (χ0) is 25.5. The number of hydrogen-bond acceptors (Lipinski definition) is 7. The lowest BCUT2D eigenvalue weighted by molar-refractivity contribution is -0.119. The largest absolute Gasteiger partial charge is 0.490 e. The number of hydrogen-bond donors (Lipinski definition) is 2. The molecule has 1 aliphatic heterocycles. The molecule has 0 radical (unpaired) electrons. The van der Waals surface area contributed by atoms with E-state index in [9.17, 15) is 4.79 Å². The summed E-state index contributed by atoms with van der Waals surface area (Å²) in [5, 5.41) is 8.18. The van der Waals surface area contributed by atoms with Crippen molar-refractivity contribution < 1.29 is 23.7 Å². The highest BCUT2D eigenvalue weighted by Crippen LogP contribution is 2.36. The van der Waals surface area contributed by atoms with Gasteiger partial charge in [-0.05, 0) is 71.5 Å². The standard InChI is InChI=1S/C25H22Cl2IN3O5/c1-2-33-23-8-15(7-20(28)25(23)34-13-16-3-4-17(26)9-19(16)27)11-30-31-24(32)12-29-18-5-6-21-22(10-18)36-14-35-21/h3-11,29H,2,12-14H2,1H3,(H,31,32). The highest BCUT2D eigenvalue weighted by atomic mass is 127. The minimum atomic E-state index is -0.302. The van der Waals surface area contributed by atoms with Crippen LogP contribution in [0.25, 0.3) is 0 Å². The number of benzene rings is 3. The summed E-state index contributed by atoms with van der Waals surface area (Å²) in [4.78, 5) is 12.2. The Balaban J connectivity index is 1.35. The lowest BCUT2D eigenvalue weighted by Gasteiger charge is -2.15. The van der Waals surface area contributed by atoms with Crippen LogP contribution in [-0.4, -0.2) is 32.1 Å². The smallest absolute Gasteiger partial charge is 0.259 e. The first-order valence-corrected chi connectivity index (χ1v) is 12.7. The molecule has 1 aliphatic rings. The Bertz CT molecular complexity index is 1290. The third-order valence-corrected chi connectivity index (χ3v) is 6.34. The molecule has 2 N–H and O–H groups in total. The van der Waals surface area contributed by atoms with Crippen LogP contribution < -0.4 is 29.7 Å². The molecular formula is C25H22Cl2IN3O5. The van der Waals surface area contributed by atoms with Crippen molar-refractivity contribution in [2.45, 2.75) is 13.5 Å². The molecule has 188 valence electrons. The molecular weight excluding hydrogens is 620 g/mol. The van der Waals surface area contributed by atoms with E-state index in [0.29, 0.717) is 39.7 Å². The fourth-order valence-electron chi connectivity index (χ4n) is 3.26. The van der Waals surface area contributed by atoms with Gasteiger partial charge in [0.2, 0.25) is 6.79 Å². The molecule has 0 bridgehead atoms. The third kappa shape index (κ3) is 6.86. The topological polar surface area (TPSA) is 90.4 Å². The second-order valence-corrected chi connectivity index (χ2v) is 9.51. The van der Waals surface area contributed by atoms with Crippen LogP contribution in [-0.2, 0) is 11.4 Å². The quantitative estimate of drug-likeness (QED) is 0.164. The van der Waals surface area contributed by atoms with Gasteiger partial charge in [-0.3, -0.25) is 4.79 Å². The maximum absolute atomic E-state index is 12.2. The number of fused-ring (bicyclic) bond motifs is 1. The predicted molar refractivity (Wildman–Crippen MR) is 148 cm³/mol. The van der Waals surface area contributed by atoms with Crippen molar-refractivity contribution in [3.8, 4) is 23.0 Å². The van der Waals surface area contributed by atoms with E-state index in [4.69, 9.17) is 42.1 Å². The van der Waals surface area contributed by atoms with E-state index in [1.54, 1.807) is 36.5 Å². The van der Waals surface area contributed by atoms with Crippen molar-refractivity contribution >= 4 is 63.6 Å². The first-order chi connectivity index (χ1) is 17.4. The SMILES string of the molecule is CCOc1cc(C=NNC(=O)CNc2ccc3c(c2)OCO3)cc(I)c1OCc1ccc(Cl)cc1Cl. The van der Waals surface area contributed by atoms with Crippen molar-refractivity contribution in [2.75, 3.05) is 25.3 Å². The molecule has 3 aromatic carbocycles. The number of rotatable bonds is 10. The summed E-state index contributed by atoms with van der Waals surface area (Å²) in [5.74, 6) is 2.18. The summed E-state index contributed by atoms with van der Waals surface area (Å²) in [6.45, 7) is 2.84. The Morgan fingerprint density at radius 1 is 1.11 bits per heavy atom.